The molecule has 1 aromatic rings. The quantitative estimate of drug-likeness (QED) is 0.836. The van der Waals surface area contributed by atoms with Crippen LogP contribution in [-0.4, -0.2) is 20.7 Å². The molecular formula is C13H17ClO2S. The summed E-state index contributed by atoms with van der Waals surface area (Å²) in [6.45, 7) is 7.16. The first-order valence-corrected chi connectivity index (χ1v) is 7.05. The van der Waals surface area contributed by atoms with Crippen molar-refractivity contribution in [2.45, 2.75) is 30.8 Å². The Hall–Kier alpha value is -0.640. The monoisotopic (exact) mass is 272 g/mol. The minimum absolute atomic E-state index is 0.463. The summed E-state index contributed by atoms with van der Waals surface area (Å²) < 4.78 is 11.9. The van der Waals surface area contributed by atoms with E-state index in [0.29, 0.717) is 22.8 Å². The van der Waals surface area contributed by atoms with Crippen LogP contribution in [0.25, 0.3) is 0 Å². The molecule has 0 aliphatic carbocycles. The molecule has 0 aromatic heterocycles. The Balaban J connectivity index is 2.56. The summed E-state index contributed by atoms with van der Waals surface area (Å²) in [7, 11) is -1.08. The zero-order chi connectivity index (χ0) is 13.1. The number of rotatable bonds is 5. The second-order valence-corrected chi connectivity index (χ2v) is 6.42. The van der Waals surface area contributed by atoms with E-state index < -0.39 is 16.4 Å². The Kier molecular flexibility index (Phi) is 4.92. The van der Waals surface area contributed by atoms with Crippen LogP contribution in [0.15, 0.2) is 41.3 Å². The lowest BCUT2D eigenvalue weighted by Gasteiger charge is -2.20. The molecule has 17 heavy (non-hydrogen) atoms. The topological polar surface area (TPSA) is 37.3 Å². The number of halogens is 1. The fraction of sp³-hybridized carbons (Fsp3) is 0.385. The van der Waals surface area contributed by atoms with Gasteiger partial charge in [0.05, 0.1) is 16.4 Å². The summed E-state index contributed by atoms with van der Waals surface area (Å²) in [6, 6.07) is 6.95. The Morgan fingerprint density at radius 2 is 1.94 bits per heavy atom. The highest BCUT2D eigenvalue weighted by Crippen LogP contribution is 2.19. The molecule has 2 nitrogen and oxygen atoms in total. The van der Waals surface area contributed by atoms with Crippen LogP contribution in [0.5, 0.6) is 0 Å². The molecular weight excluding hydrogens is 256 g/mol. The molecule has 0 saturated carbocycles. The maximum atomic E-state index is 11.9. The second-order valence-electron chi connectivity index (χ2n) is 4.42. The minimum Gasteiger partial charge on any atom is -0.386 e. The lowest BCUT2D eigenvalue weighted by Crippen LogP contribution is -2.22. The van der Waals surface area contributed by atoms with Gasteiger partial charge in [-0.05, 0) is 50.1 Å². The minimum atomic E-state index is -1.08. The SMILES string of the molecule is C=C(CCS(=O)c1ccc(Cl)cc1)C(C)(C)O. The molecule has 1 aromatic carbocycles. The number of hydrogen-bond acceptors (Lipinski definition) is 2. The molecule has 0 amide bonds. The molecule has 0 aliphatic rings. The first-order chi connectivity index (χ1) is 7.80. The molecule has 0 radical (unpaired) electrons. The van der Waals surface area contributed by atoms with Gasteiger partial charge in [0.2, 0.25) is 0 Å². The molecule has 0 heterocycles. The predicted molar refractivity (Wildman–Crippen MR) is 72.8 cm³/mol. The van der Waals surface area contributed by atoms with Crippen LogP contribution in [0.3, 0.4) is 0 Å². The van der Waals surface area contributed by atoms with E-state index in [4.69, 9.17) is 11.6 Å². The third-order valence-electron chi connectivity index (χ3n) is 2.53. The highest BCUT2D eigenvalue weighted by Gasteiger charge is 2.17. The Morgan fingerprint density at radius 1 is 1.41 bits per heavy atom. The molecule has 0 bridgehead atoms. The van der Waals surface area contributed by atoms with Gasteiger partial charge in [0.15, 0.2) is 0 Å². The average Bonchev–Trinajstić information content (AvgIpc) is 2.25. The molecule has 94 valence electrons. The van der Waals surface area contributed by atoms with Gasteiger partial charge in [-0.1, -0.05) is 18.2 Å². The van der Waals surface area contributed by atoms with Crippen LogP contribution < -0.4 is 0 Å². The molecule has 1 N–H and O–H groups in total. The van der Waals surface area contributed by atoms with Gasteiger partial charge in [-0.15, -0.1) is 0 Å². The van der Waals surface area contributed by atoms with Crippen molar-refractivity contribution in [2.75, 3.05) is 5.75 Å². The zero-order valence-corrected chi connectivity index (χ0v) is 11.6. The van der Waals surface area contributed by atoms with Crippen LogP contribution >= 0.6 is 11.6 Å². The maximum Gasteiger partial charge on any atom is 0.0798 e. The fourth-order valence-electron chi connectivity index (χ4n) is 1.23. The molecule has 0 fully saturated rings. The number of benzene rings is 1. The normalized spacial score (nSPS) is 13.4. The molecule has 0 saturated heterocycles. The third kappa shape index (κ3) is 4.62. The van der Waals surface area contributed by atoms with Crippen molar-refractivity contribution < 1.29 is 9.32 Å². The van der Waals surface area contributed by atoms with Crippen molar-refractivity contribution in [3.63, 3.8) is 0 Å². The van der Waals surface area contributed by atoms with Gasteiger partial charge < -0.3 is 5.11 Å². The van der Waals surface area contributed by atoms with Gasteiger partial charge in [-0.25, -0.2) is 0 Å². The van der Waals surface area contributed by atoms with Crippen LogP contribution in [0.1, 0.15) is 20.3 Å². The van der Waals surface area contributed by atoms with Crippen LogP contribution in [-0.2, 0) is 10.8 Å². The van der Waals surface area contributed by atoms with Gasteiger partial charge in [0.1, 0.15) is 0 Å². The van der Waals surface area contributed by atoms with Gasteiger partial charge in [0.25, 0.3) is 0 Å². The average molecular weight is 273 g/mol. The molecule has 1 unspecified atom stereocenters. The first kappa shape index (κ1) is 14.4. The van der Waals surface area contributed by atoms with Gasteiger partial charge in [0, 0.05) is 15.7 Å². The maximum absolute atomic E-state index is 11.9. The molecule has 0 spiro atoms. The smallest absolute Gasteiger partial charge is 0.0798 e. The van der Waals surface area contributed by atoms with Crippen LogP contribution in [0, 0.1) is 0 Å². The Morgan fingerprint density at radius 3 is 2.41 bits per heavy atom. The number of aliphatic hydroxyl groups is 1. The van der Waals surface area contributed by atoms with E-state index in [1.807, 2.05) is 0 Å². The highest BCUT2D eigenvalue weighted by molar-refractivity contribution is 7.85. The highest BCUT2D eigenvalue weighted by atomic mass is 35.5. The zero-order valence-electron chi connectivity index (χ0n) is 10.1. The van der Waals surface area contributed by atoms with E-state index >= 15 is 0 Å². The van der Waals surface area contributed by atoms with E-state index in [1.54, 1.807) is 38.1 Å². The van der Waals surface area contributed by atoms with Crippen molar-refractivity contribution >= 4 is 22.4 Å². The summed E-state index contributed by atoms with van der Waals surface area (Å²) in [5.41, 5.74) is -0.218. The van der Waals surface area contributed by atoms with E-state index in [2.05, 4.69) is 6.58 Å². The van der Waals surface area contributed by atoms with Crippen LogP contribution in [0.2, 0.25) is 5.02 Å². The van der Waals surface area contributed by atoms with Gasteiger partial charge in [-0.2, -0.15) is 0 Å². The van der Waals surface area contributed by atoms with Crippen molar-refractivity contribution in [3.05, 3.63) is 41.4 Å². The van der Waals surface area contributed by atoms with Crippen molar-refractivity contribution in [1.29, 1.82) is 0 Å². The van der Waals surface area contributed by atoms with Crippen LogP contribution in [0.4, 0.5) is 0 Å². The third-order valence-corrected chi connectivity index (χ3v) is 4.16. The first-order valence-electron chi connectivity index (χ1n) is 5.35. The lowest BCUT2D eigenvalue weighted by atomic mass is 9.98. The predicted octanol–water partition coefficient (Wildman–Crippen LogP) is 3.16. The summed E-state index contributed by atoms with van der Waals surface area (Å²) in [4.78, 5) is 0.748. The van der Waals surface area contributed by atoms with E-state index in [0.717, 1.165) is 4.90 Å². The molecule has 1 rings (SSSR count). The molecule has 0 aliphatic heterocycles. The lowest BCUT2D eigenvalue weighted by molar-refractivity contribution is 0.117. The summed E-state index contributed by atoms with van der Waals surface area (Å²) in [5.74, 6) is 0.463. The molecule has 1 atom stereocenters. The standard InChI is InChI=1S/C13H17ClO2S/c1-10(13(2,3)15)8-9-17(16)12-6-4-11(14)5-7-12/h4-7,15H,1,8-9H2,2-3H3. The van der Waals surface area contributed by atoms with Gasteiger partial charge in [-0.3, -0.25) is 4.21 Å². The van der Waals surface area contributed by atoms with Crippen molar-refractivity contribution in [2.24, 2.45) is 0 Å². The van der Waals surface area contributed by atoms with E-state index in [1.165, 1.54) is 0 Å². The summed E-state index contributed by atoms with van der Waals surface area (Å²) in [6.07, 6.45) is 0.540. The Labute approximate surface area is 110 Å². The van der Waals surface area contributed by atoms with E-state index in [9.17, 15) is 9.32 Å². The second kappa shape index (κ2) is 5.80. The summed E-state index contributed by atoms with van der Waals surface area (Å²) >= 11 is 5.76. The largest absolute Gasteiger partial charge is 0.386 e. The fourth-order valence-corrected chi connectivity index (χ4v) is 2.46. The number of hydrogen-bond donors (Lipinski definition) is 1. The van der Waals surface area contributed by atoms with Gasteiger partial charge >= 0.3 is 0 Å². The molecule has 4 heteroatoms. The van der Waals surface area contributed by atoms with E-state index in [-0.39, 0.29) is 0 Å². The van der Waals surface area contributed by atoms with Crippen molar-refractivity contribution in [3.8, 4) is 0 Å². The summed E-state index contributed by atoms with van der Waals surface area (Å²) in [5, 5.41) is 10.3. The van der Waals surface area contributed by atoms with Crippen molar-refractivity contribution in [1.82, 2.24) is 0 Å². The Bertz CT molecular complexity index is 418.